The Morgan fingerprint density at radius 3 is 2.46 bits per heavy atom. The SMILES string of the molecule is CO[Si](C)(C)Cn1nc(C)cc1C. The highest BCUT2D eigenvalue weighted by atomic mass is 28.4. The minimum Gasteiger partial charge on any atom is -0.419 e. The summed E-state index contributed by atoms with van der Waals surface area (Å²) in [7, 11) is 0.254. The molecule has 0 bridgehead atoms. The fourth-order valence-electron chi connectivity index (χ4n) is 1.26. The lowest BCUT2D eigenvalue weighted by Crippen LogP contribution is -2.36. The first-order valence-corrected chi connectivity index (χ1v) is 7.62. The topological polar surface area (TPSA) is 27.1 Å². The molecule has 0 aliphatic carbocycles. The second-order valence-corrected chi connectivity index (χ2v) is 8.29. The fourth-order valence-corrected chi connectivity index (χ4v) is 2.43. The summed E-state index contributed by atoms with van der Waals surface area (Å²) in [5.41, 5.74) is 2.30. The van der Waals surface area contributed by atoms with Crippen molar-refractivity contribution in [3.63, 3.8) is 0 Å². The normalized spacial score (nSPS) is 12.1. The Labute approximate surface area is 80.8 Å². The summed E-state index contributed by atoms with van der Waals surface area (Å²) in [5, 5.41) is 4.41. The second kappa shape index (κ2) is 3.63. The minimum atomic E-state index is -1.54. The van der Waals surface area contributed by atoms with Gasteiger partial charge in [-0.1, -0.05) is 0 Å². The van der Waals surface area contributed by atoms with E-state index in [1.807, 2.05) is 11.6 Å². The zero-order valence-electron chi connectivity index (χ0n) is 9.09. The van der Waals surface area contributed by atoms with Gasteiger partial charge >= 0.3 is 0 Å². The third-order valence-corrected chi connectivity index (χ3v) is 4.35. The molecule has 0 aliphatic rings. The molecule has 0 saturated carbocycles. The molecule has 13 heavy (non-hydrogen) atoms. The van der Waals surface area contributed by atoms with Crippen LogP contribution >= 0.6 is 0 Å². The molecule has 0 amide bonds. The van der Waals surface area contributed by atoms with E-state index in [0.717, 1.165) is 11.9 Å². The molecule has 74 valence electrons. The Morgan fingerprint density at radius 2 is 2.08 bits per heavy atom. The van der Waals surface area contributed by atoms with Crippen LogP contribution in [0, 0.1) is 13.8 Å². The van der Waals surface area contributed by atoms with Crippen LogP contribution in [-0.2, 0) is 10.6 Å². The lowest BCUT2D eigenvalue weighted by atomic mass is 10.4. The quantitative estimate of drug-likeness (QED) is 0.694. The standard InChI is InChI=1S/C9H18N2OSi/c1-8-6-9(2)11(10-8)7-13(4,5)12-3/h6H,7H2,1-5H3. The highest BCUT2D eigenvalue weighted by Crippen LogP contribution is 2.09. The molecule has 3 nitrogen and oxygen atoms in total. The van der Waals surface area contributed by atoms with E-state index in [2.05, 4.69) is 31.2 Å². The summed E-state index contributed by atoms with van der Waals surface area (Å²) in [6, 6.07) is 2.10. The van der Waals surface area contributed by atoms with Crippen LogP contribution in [0.25, 0.3) is 0 Å². The van der Waals surface area contributed by atoms with Crippen molar-refractivity contribution in [2.75, 3.05) is 7.11 Å². The van der Waals surface area contributed by atoms with Gasteiger partial charge < -0.3 is 4.43 Å². The Kier molecular flexibility index (Phi) is 2.93. The third kappa shape index (κ3) is 2.67. The molecule has 1 aromatic heterocycles. The van der Waals surface area contributed by atoms with E-state index in [-0.39, 0.29) is 0 Å². The largest absolute Gasteiger partial charge is 0.419 e. The monoisotopic (exact) mass is 198 g/mol. The fraction of sp³-hybridized carbons (Fsp3) is 0.667. The lowest BCUT2D eigenvalue weighted by molar-refractivity contribution is 0.390. The van der Waals surface area contributed by atoms with Crippen LogP contribution in [0.2, 0.25) is 13.1 Å². The van der Waals surface area contributed by atoms with Gasteiger partial charge in [-0.3, -0.25) is 4.68 Å². The maximum atomic E-state index is 5.48. The molecule has 0 unspecified atom stereocenters. The van der Waals surface area contributed by atoms with Gasteiger partial charge in [-0.15, -0.1) is 0 Å². The van der Waals surface area contributed by atoms with Crippen LogP contribution in [0.15, 0.2) is 6.07 Å². The van der Waals surface area contributed by atoms with E-state index < -0.39 is 8.32 Å². The molecule has 0 N–H and O–H groups in total. The molecule has 0 aromatic carbocycles. The van der Waals surface area contributed by atoms with Crippen LogP contribution in [0.4, 0.5) is 0 Å². The number of aryl methyl sites for hydroxylation is 2. The maximum absolute atomic E-state index is 5.48. The van der Waals surface area contributed by atoms with Gasteiger partial charge in [0.15, 0.2) is 0 Å². The van der Waals surface area contributed by atoms with Crippen LogP contribution in [0.5, 0.6) is 0 Å². The molecule has 0 aliphatic heterocycles. The lowest BCUT2D eigenvalue weighted by Gasteiger charge is -2.20. The van der Waals surface area contributed by atoms with Crippen LogP contribution < -0.4 is 0 Å². The van der Waals surface area contributed by atoms with Crippen LogP contribution in [0.1, 0.15) is 11.4 Å². The summed E-state index contributed by atoms with van der Waals surface area (Å²) in [5.74, 6) is 0. The predicted octanol–water partition coefficient (Wildman–Crippen LogP) is 1.89. The zero-order chi connectivity index (χ0) is 10.1. The number of nitrogens with zero attached hydrogens (tertiary/aromatic N) is 2. The van der Waals surface area contributed by atoms with Crippen molar-refractivity contribution in [1.82, 2.24) is 9.78 Å². The van der Waals surface area contributed by atoms with Gasteiger partial charge in [0.25, 0.3) is 0 Å². The maximum Gasteiger partial charge on any atom is 0.207 e. The van der Waals surface area contributed by atoms with Gasteiger partial charge in [0, 0.05) is 12.8 Å². The van der Waals surface area contributed by atoms with Gasteiger partial charge in [-0.25, -0.2) is 0 Å². The van der Waals surface area contributed by atoms with Gasteiger partial charge in [0.2, 0.25) is 8.32 Å². The van der Waals surface area contributed by atoms with E-state index in [1.54, 1.807) is 7.11 Å². The molecule has 0 atom stereocenters. The van der Waals surface area contributed by atoms with Crippen LogP contribution in [-0.4, -0.2) is 25.2 Å². The first kappa shape index (κ1) is 10.5. The summed E-state index contributed by atoms with van der Waals surface area (Å²) >= 11 is 0. The van der Waals surface area contributed by atoms with E-state index in [0.29, 0.717) is 0 Å². The average Bonchev–Trinajstić information content (AvgIpc) is 2.30. The van der Waals surface area contributed by atoms with Crippen LogP contribution in [0.3, 0.4) is 0 Å². The Hall–Kier alpha value is -0.613. The Balaban J connectivity index is 2.79. The smallest absolute Gasteiger partial charge is 0.207 e. The van der Waals surface area contributed by atoms with Crippen molar-refractivity contribution in [1.29, 1.82) is 0 Å². The molecular weight excluding hydrogens is 180 g/mol. The summed E-state index contributed by atoms with van der Waals surface area (Å²) in [6.45, 7) is 8.50. The summed E-state index contributed by atoms with van der Waals surface area (Å²) < 4.78 is 7.53. The van der Waals surface area contributed by atoms with Gasteiger partial charge in [0.1, 0.15) is 0 Å². The van der Waals surface area contributed by atoms with Crippen molar-refractivity contribution in [3.05, 3.63) is 17.5 Å². The van der Waals surface area contributed by atoms with E-state index >= 15 is 0 Å². The summed E-state index contributed by atoms with van der Waals surface area (Å²) in [6.07, 6.45) is 0.934. The third-order valence-electron chi connectivity index (χ3n) is 2.19. The molecule has 0 radical (unpaired) electrons. The average molecular weight is 198 g/mol. The molecule has 0 fully saturated rings. The highest BCUT2D eigenvalue weighted by Gasteiger charge is 2.22. The van der Waals surface area contributed by atoms with Gasteiger partial charge in [-0.05, 0) is 33.0 Å². The number of hydrogen-bond acceptors (Lipinski definition) is 2. The predicted molar refractivity (Wildman–Crippen MR) is 56.2 cm³/mol. The van der Waals surface area contributed by atoms with Crippen molar-refractivity contribution in [2.45, 2.75) is 33.1 Å². The zero-order valence-corrected chi connectivity index (χ0v) is 10.1. The van der Waals surface area contributed by atoms with E-state index in [1.165, 1.54) is 5.69 Å². The van der Waals surface area contributed by atoms with E-state index in [4.69, 9.17) is 4.43 Å². The van der Waals surface area contributed by atoms with Crippen molar-refractivity contribution in [2.24, 2.45) is 0 Å². The molecule has 0 saturated heterocycles. The van der Waals surface area contributed by atoms with Gasteiger partial charge in [0.05, 0.1) is 11.9 Å². The number of rotatable bonds is 3. The van der Waals surface area contributed by atoms with Gasteiger partial charge in [-0.2, -0.15) is 5.10 Å². The number of aromatic nitrogens is 2. The van der Waals surface area contributed by atoms with Crippen molar-refractivity contribution < 1.29 is 4.43 Å². The molecular formula is C9H18N2OSi. The molecule has 1 heterocycles. The number of hydrogen-bond donors (Lipinski definition) is 0. The minimum absolute atomic E-state index is 0.934. The first-order chi connectivity index (χ1) is 5.94. The molecule has 0 spiro atoms. The first-order valence-electron chi connectivity index (χ1n) is 4.51. The molecule has 1 aromatic rings. The molecule has 4 heteroatoms. The Bertz CT molecular complexity index is 294. The van der Waals surface area contributed by atoms with Crippen molar-refractivity contribution >= 4 is 8.32 Å². The molecule has 1 rings (SSSR count). The summed E-state index contributed by atoms with van der Waals surface area (Å²) in [4.78, 5) is 0. The van der Waals surface area contributed by atoms with Crippen molar-refractivity contribution in [3.8, 4) is 0 Å². The second-order valence-electron chi connectivity index (χ2n) is 4.05. The Morgan fingerprint density at radius 1 is 1.46 bits per heavy atom. The van der Waals surface area contributed by atoms with E-state index in [9.17, 15) is 0 Å². The highest BCUT2D eigenvalue weighted by molar-refractivity contribution is 6.69.